The molecule has 0 bridgehead atoms. The van der Waals surface area contributed by atoms with Gasteiger partial charge in [-0.15, -0.1) is 37.2 Å². The van der Waals surface area contributed by atoms with E-state index in [9.17, 15) is 0 Å². The SMILES string of the molecule is Cl.Cl.Cl.ClC=C(Cl)Cl.O.OOO. The number of rotatable bonds is 0. The van der Waals surface area contributed by atoms with E-state index >= 15 is 0 Å². The number of hydrogen-bond acceptors (Lipinski definition) is 3. The van der Waals surface area contributed by atoms with Gasteiger partial charge in [-0.05, 0) is 0 Å². The van der Waals surface area contributed by atoms with Crippen LogP contribution in [0.3, 0.4) is 0 Å². The summed E-state index contributed by atoms with van der Waals surface area (Å²) in [6.07, 6.45) is 0. The van der Waals surface area contributed by atoms with E-state index in [1.807, 2.05) is 0 Å². The van der Waals surface area contributed by atoms with Crippen LogP contribution in [0.5, 0.6) is 0 Å². The topological polar surface area (TPSA) is 81.2 Å². The highest BCUT2D eigenvalue weighted by Crippen LogP contribution is 2.05. The van der Waals surface area contributed by atoms with Crippen molar-refractivity contribution >= 4 is 72.0 Å². The first-order valence-corrected chi connectivity index (χ1v) is 2.44. The molecule has 0 saturated carbocycles. The minimum atomic E-state index is 0. The predicted octanol–water partition coefficient (Wildman–Crippen LogP) is 2.89. The van der Waals surface area contributed by atoms with Gasteiger partial charge in [-0.25, -0.2) is 10.5 Å². The summed E-state index contributed by atoms with van der Waals surface area (Å²) >= 11 is 14.8. The van der Waals surface area contributed by atoms with Gasteiger partial charge in [0.25, 0.3) is 0 Å². The fourth-order valence-electron chi connectivity index (χ4n) is 0. The van der Waals surface area contributed by atoms with Gasteiger partial charge in [-0.3, -0.25) is 0 Å². The molecule has 4 nitrogen and oxygen atoms in total. The van der Waals surface area contributed by atoms with Crippen LogP contribution >= 0.6 is 72.0 Å². The van der Waals surface area contributed by atoms with Crippen LogP contribution in [0.15, 0.2) is 10.0 Å². The zero-order valence-electron chi connectivity index (χ0n) is 5.24. The van der Waals surface area contributed by atoms with Gasteiger partial charge in [0, 0.05) is 5.54 Å². The standard InChI is InChI=1S/C2HCl3.3ClH.H2O3.H2O/c3-1-2(4)5;;;;1-3-2;/h1H;3*1H;1-2H;1H2. The molecule has 12 heavy (non-hydrogen) atoms. The summed E-state index contributed by atoms with van der Waals surface area (Å²) in [6.45, 7) is 0. The molecule has 0 heterocycles. The molecule has 0 spiro atoms. The third kappa shape index (κ3) is 109. The van der Waals surface area contributed by atoms with Crippen molar-refractivity contribution in [3.05, 3.63) is 10.0 Å². The van der Waals surface area contributed by atoms with E-state index in [4.69, 9.17) is 45.3 Å². The molecule has 0 aromatic rings. The number of halogens is 6. The Kier molecular flexibility index (Phi) is 124. The van der Waals surface area contributed by atoms with Crippen molar-refractivity contribution in [2.75, 3.05) is 0 Å². The van der Waals surface area contributed by atoms with Crippen LogP contribution in [0, 0.1) is 0 Å². The van der Waals surface area contributed by atoms with Gasteiger partial charge >= 0.3 is 0 Å². The monoisotopic (exact) mass is 306 g/mol. The lowest BCUT2D eigenvalue weighted by atomic mass is 11.2. The normalized spacial score (nSPS) is 4.42. The lowest BCUT2D eigenvalue weighted by molar-refractivity contribution is -0.465. The largest absolute Gasteiger partial charge is 0.412 e. The van der Waals surface area contributed by atoms with Crippen LogP contribution in [-0.2, 0) is 5.04 Å². The summed E-state index contributed by atoms with van der Waals surface area (Å²) < 4.78 is 0.0895. The molecule has 4 N–H and O–H groups in total. The van der Waals surface area contributed by atoms with Gasteiger partial charge in [0.2, 0.25) is 0 Å². The van der Waals surface area contributed by atoms with Crippen LogP contribution < -0.4 is 0 Å². The van der Waals surface area contributed by atoms with Crippen LogP contribution in [0.1, 0.15) is 0 Å². The molecule has 10 heteroatoms. The molecule has 0 unspecified atom stereocenters. The van der Waals surface area contributed by atoms with Crippen LogP contribution in [-0.4, -0.2) is 16.0 Å². The molecule has 0 atom stereocenters. The third-order valence-corrected chi connectivity index (χ3v) is 0.742. The molecule has 0 aromatic carbocycles. The van der Waals surface area contributed by atoms with Crippen LogP contribution in [0.2, 0.25) is 0 Å². The molecule has 0 fully saturated rings. The van der Waals surface area contributed by atoms with Gasteiger partial charge in [0.1, 0.15) is 4.49 Å². The second kappa shape index (κ2) is 39.5. The van der Waals surface area contributed by atoms with Gasteiger partial charge in [0.15, 0.2) is 0 Å². The highest BCUT2D eigenvalue weighted by atomic mass is 35.5. The Morgan fingerprint density at radius 2 is 1.17 bits per heavy atom. The van der Waals surface area contributed by atoms with E-state index in [2.05, 4.69) is 5.04 Å². The highest BCUT2D eigenvalue weighted by Gasteiger charge is 1.70. The Morgan fingerprint density at radius 1 is 1.08 bits per heavy atom. The van der Waals surface area contributed by atoms with E-state index in [0.717, 1.165) is 5.54 Å². The van der Waals surface area contributed by atoms with Crippen molar-refractivity contribution in [2.24, 2.45) is 0 Å². The highest BCUT2D eigenvalue weighted by molar-refractivity contribution is 6.58. The second-order valence-corrected chi connectivity index (χ2v) is 1.71. The Bertz CT molecular complexity index is 64.6. The van der Waals surface area contributed by atoms with Crippen molar-refractivity contribution in [2.45, 2.75) is 0 Å². The van der Waals surface area contributed by atoms with E-state index in [-0.39, 0.29) is 47.2 Å². The van der Waals surface area contributed by atoms with Crippen molar-refractivity contribution in [3.63, 3.8) is 0 Å². The Morgan fingerprint density at radius 3 is 1.17 bits per heavy atom. The van der Waals surface area contributed by atoms with Gasteiger partial charge in [0.05, 0.1) is 0 Å². The summed E-state index contributed by atoms with van der Waals surface area (Å²) in [4.78, 5) is 0. The first-order chi connectivity index (χ1) is 3.68. The Balaban J connectivity index is -0.0000000119. The van der Waals surface area contributed by atoms with Crippen molar-refractivity contribution in [3.8, 4) is 0 Å². The molecule has 0 rings (SSSR count). The summed E-state index contributed by atoms with van der Waals surface area (Å²) in [6, 6.07) is 0. The first-order valence-electron chi connectivity index (χ1n) is 1.25. The molecule has 0 radical (unpaired) electrons. The number of hydrogen-bond donors (Lipinski definition) is 2. The van der Waals surface area contributed by atoms with Crippen molar-refractivity contribution in [1.82, 2.24) is 0 Å². The maximum absolute atomic E-state index is 6.62. The zero-order chi connectivity index (χ0) is 6.99. The lowest BCUT2D eigenvalue weighted by Gasteiger charge is -1.64. The predicted molar refractivity (Wildman–Crippen MR) is 57.3 cm³/mol. The van der Waals surface area contributed by atoms with Gasteiger partial charge in [-0.1, -0.05) is 39.8 Å². The molecule has 0 saturated heterocycles. The maximum Gasteiger partial charge on any atom is 0.118 e. The summed E-state index contributed by atoms with van der Waals surface area (Å²) in [7, 11) is 0. The minimum Gasteiger partial charge on any atom is -0.412 e. The van der Waals surface area contributed by atoms with Gasteiger partial charge in [-0.2, -0.15) is 0 Å². The quantitative estimate of drug-likeness (QED) is 0.533. The molecule has 0 aliphatic carbocycles. The van der Waals surface area contributed by atoms with Crippen LogP contribution in [0.25, 0.3) is 0 Å². The second-order valence-electron chi connectivity index (χ2n) is 0.480. The van der Waals surface area contributed by atoms with Gasteiger partial charge < -0.3 is 5.48 Å². The smallest absolute Gasteiger partial charge is 0.118 e. The Hall–Kier alpha value is 1.32. The zero-order valence-corrected chi connectivity index (χ0v) is 9.96. The molecule has 0 aromatic heterocycles. The Labute approximate surface area is 103 Å². The fraction of sp³-hybridized carbons (Fsp3) is 0. The molecular formula is C2H8Cl6O4. The third-order valence-electron chi connectivity index (χ3n) is 0.0825. The van der Waals surface area contributed by atoms with E-state index in [1.54, 1.807) is 0 Å². The first kappa shape index (κ1) is 37.7. The van der Waals surface area contributed by atoms with E-state index in [1.165, 1.54) is 0 Å². The van der Waals surface area contributed by atoms with Crippen LogP contribution in [0.4, 0.5) is 0 Å². The molecule has 0 aliphatic rings. The maximum atomic E-state index is 6.62. The minimum absolute atomic E-state index is 0. The van der Waals surface area contributed by atoms with E-state index < -0.39 is 0 Å². The molecule has 82 valence electrons. The lowest BCUT2D eigenvalue weighted by Crippen LogP contribution is -1.60. The van der Waals surface area contributed by atoms with Crippen molar-refractivity contribution < 1.29 is 21.0 Å². The van der Waals surface area contributed by atoms with E-state index in [0.29, 0.717) is 0 Å². The van der Waals surface area contributed by atoms with Crippen molar-refractivity contribution in [1.29, 1.82) is 0 Å². The average molecular weight is 309 g/mol. The molecular weight excluding hydrogens is 301 g/mol. The summed E-state index contributed by atoms with van der Waals surface area (Å²) in [5.41, 5.74) is 1.09. The molecule has 0 amide bonds. The summed E-state index contributed by atoms with van der Waals surface area (Å²) in [5.74, 6) is 0. The fourth-order valence-corrected chi connectivity index (χ4v) is 0. The average Bonchev–Trinajstić information content (AvgIpc) is 1.69. The summed E-state index contributed by atoms with van der Waals surface area (Å²) in [5, 5.41) is 15.5. The molecule has 0 aliphatic heterocycles.